The van der Waals surface area contributed by atoms with Crippen molar-refractivity contribution in [3.63, 3.8) is 0 Å². The molecule has 0 saturated carbocycles. The van der Waals surface area contributed by atoms with E-state index in [0.717, 1.165) is 5.75 Å². The van der Waals surface area contributed by atoms with Crippen molar-refractivity contribution in [3.05, 3.63) is 29.8 Å². The lowest BCUT2D eigenvalue weighted by Gasteiger charge is -2.21. The second-order valence-electron chi connectivity index (χ2n) is 3.92. The van der Waals surface area contributed by atoms with Gasteiger partial charge in [-0.2, -0.15) is 0 Å². The Bertz CT molecular complexity index is 503. The van der Waals surface area contributed by atoms with Crippen molar-refractivity contribution >= 4 is 29.2 Å². The van der Waals surface area contributed by atoms with Crippen LogP contribution in [0.4, 0.5) is 5.69 Å². The summed E-state index contributed by atoms with van der Waals surface area (Å²) in [6, 6.07) is 7.03. The molecule has 2 N–H and O–H groups in total. The van der Waals surface area contributed by atoms with Crippen molar-refractivity contribution in [3.8, 4) is 0 Å². The van der Waals surface area contributed by atoms with Gasteiger partial charge in [0.1, 0.15) is 11.9 Å². The maximum atomic E-state index is 12.3. The fourth-order valence-electron chi connectivity index (χ4n) is 2.08. The molecule has 0 bridgehead atoms. The van der Waals surface area contributed by atoms with Crippen molar-refractivity contribution in [1.29, 1.82) is 0 Å². The molecule has 6 heteroatoms. The molecule has 0 unspecified atom stereocenters. The number of nitrogens with zero attached hydrogens (tertiary/aromatic N) is 2. The van der Waals surface area contributed by atoms with Crippen LogP contribution in [0.25, 0.3) is 0 Å². The lowest BCUT2D eigenvalue weighted by molar-refractivity contribution is 0.0777. The second-order valence-corrected chi connectivity index (χ2v) is 4.92. The van der Waals surface area contributed by atoms with E-state index in [9.17, 15) is 4.79 Å². The van der Waals surface area contributed by atoms with E-state index in [1.165, 1.54) is 0 Å². The number of amidine groups is 1. The average Bonchev–Trinajstić information content (AvgIpc) is 2.81. The van der Waals surface area contributed by atoms with Crippen molar-refractivity contribution in [2.45, 2.75) is 6.04 Å². The molecule has 0 aromatic heterocycles. The molecule has 0 aliphatic carbocycles. The molecular formula is C11H11N3O2S. The molecule has 2 aliphatic heterocycles. The first-order valence-electron chi connectivity index (χ1n) is 5.27. The number of para-hydroxylation sites is 1. The zero-order chi connectivity index (χ0) is 11.8. The predicted molar refractivity (Wildman–Crippen MR) is 65.7 cm³/mol. The van der Waals surface area contributed by atoms with Crippen LogP contribution in [0.15, 0.2) is 29.3 Å². The number of carbonyl (C=O) groups excluding carboxylic acids is 1. The molecule has 88 valence electrons. The standard InChI is InChI=1S/C11H11N3O2S/c15-11-7-3-1-2-4-8(7)12-10(13-16)9-5-17-6-14(9)11/h1-4,9,16H,5-6H2,(H,12,13)/t9-/m0/s1. The van der Waals surface area contributed by atoms with Gasteiger partial charge in [-0.05, 0) is 12.1 Å². The summed E-state index contributed by atoms with van der Waals surface area (Å²) in [5.74, 6) is 1.81. The molecule has 17 heavy (non-hydrogen) atoms. The van der Waals surface area contributed by atoms with Gasteiger partial charge in [0.15, 0.2) is 0 Å². The first-order chi connectivity index (χ1) is 8.31. The van der Waals surface area contributed by atoms with Gasteiger partial charge < -0.3 is 4.90 Å². The fraction of sp³-hybridized carbons (Fsp3) is 0.273. The summed E-state index contributed by atoms with van der Waals surface area (Å²) in [6.07, 6.45) is 0. The lowest BCUT2D eigenvalue weighted by atomic mass is 10.1. The number of thioether (sulfide) groups is 1. The number of nitrogens with one attached hydrogen (secondary N) is 1. The Kier molecular flexibility index (Phi) is 2.53. The van der Waals surface area contributed by atoms with Crippen LogP contribution in [0.1, 0.15) is 10.4 Å². The van der Waals surface area contributed by atoms with Crippen molar-refractivity contribution in [2.75, 3.05) is 11.6 Å². The molecule has 1 fully saturated rings. The largest absolute Gasteiger partial charge is 0.318 e. The molecule has 0 radical (unpaired) electrons. The van der Waals surface area contributed by atoms with Gasteiger partial charge in [0.2, 0.25) is 0 Å². The van der Waals surface area contributed by atoms with E-state index in [1.807, 2.05) is 12.1 Å². The molecular weight excluding hydrogens is 238 g/mol. The smallest absolute Gasteiger partial charge is 0.257 e. The quantitative estimate of drug-likeness (QED) is 0.679. The summed E-state index contributed by atoms with van der Waals surface area (Å²) in [5, 5.41) is 9.15. The van der Waals surface area contributed by atoms with Gasteiger partial charge >= 0.3 is 0 Å². The highest BCUT2D eigenvalue weighted by Gasteiger charge is 2.36. The highest BCUT2D eigenvalue weighted by Crippen LogP contribution is 2.31. The number of benzene rings is 1. The monoisotopic (exact) mass is 249 g/mol. The van der Waals surface area contributed by atoms with Gasteiger partial charge in [0, 0.05) is 5.75 Å². The molecule has 2 heterocycles. The van der Waals surface area contributed by atoms with E-state index in [0.29, 0.717) is 23.0 Å². The number of hydrogen-bond acceptors (Lipinski definition) is 5. The van der Waals surface area contributed by atoms with Crippen LogP contribution < -0.4 is 5.48 Å². The Morgan fingerprint density at radius 1 is 1.47 bits per heavy atom. The van der Waals surface area contributed by atoms with Crippen LogP contribution in [-0.2, 0) is 0 Å². The minimum Gasteiger partial charge on any atom is -0.318 e. The Balaban J connectivity index is 2.15. The summed E-state index contributed by atoms with van der Waals surface area (Å²) in [7, 11) is 0. The van der Waals surface area contributed by atoms with Crippen LogP contribution in [0, 0.1) is 0 Å². The van der Waals surface area contributed by atoms with Gasteiger partial charge in [0.25, 0.3) is 5.91 Å². The molecule has 0 spiro atoms. The molecule has 2 aliphatic rings. The third-order valence-corrected chi connectivity index (χ3v) is 3.96. The topological polar surface area (TPSA) is 64.9 Å². The molecule has 1 aromatic carbocycles. The van der Waals surface area contributed by atoms with Crippen LogP contribution in [0.3, 0.4) is 0 Å². The number of hydrogen-bond donors (Lipinski definition) is 2. The van der Waals surface area contributed by atoms with Crippen LogP contribution in [0.5, 0.6) is 0 Å². The summed E-state index contributed by atoms with van der Waals surface area (Å²) in [6.45, 7) is 0. The van der Waals surface area contributed by atoms with E-state index < -0.39 is 0 Å². The van der Waals surface area contributed by atoms with Crippen molar-refractivity contribution in [1.82, 2.24) is 10.4 Å². The number of aliphatic imine (C=N–C) groups is 1. The summed E-state index contributed by atoms with van der Waals surface area (Å²) < 4.78 is 0. The molecule has 1 atom stereocenters. The normalized spacial score (nSPS) is 22.6. The van der Waals surface area contributed by atoms with E-state index in [2.05, 4.69) is 10.5 Å². The van der Waals surface area contributed by atoms with Gasteiger partial charge in [-0.3, -0.25) is 15.5 Å². The number of fused-ring (bicyclic) bond motifs is 2. The van der Waals surface area contributed by atoms with Crippen molar-refractivity contribution < 1.29 is 10.0 Å². The van der Waals surface area contributed by atoms with Crippen LogP contribution in [-0.4, -0.2) is 39.5 Å². The van der Waals surface area contributed by atoms with E-state index in [-0.39, 0.29) is 11.9 Å². The van der Waals surface area contributed by atoms with Crippen molar-refractivity contribution in [2.24, 2.45) is 4.99 Å². The average molecular weight is 249 g/mol. The zero-order valence-electron chi connectivity index (χ0n) is 8.96. The third kappa shape index (κ3) is 1.60. The summed E-state index contributed by atoms with van der Waals surface area (Å²) in [4.78, 5) is 18.4. The van der Waals surface area contributed by atoms with Gasteiger partial charge in [-0.25, -0.2) is 4.99 Å². The highest BCUT2D eigenvalue weighted by molar-refractivity contribution is 7.99. The van der Waals surface area contributed by atoms with E-state index in [4.69, 9.17) is 5.21 Å². The van der Waals surface area contributed by atoms with Crippen LogP contribution >= 0.6 is 11.8 Å². The Labute approximate surface area is 102 Å². The number of amides is 1. The number of rotatable bonds is 0. The Morgan fingerprint density at radius 3 is 3.12 bits per heavy atom. The fourth-order valence-corrected chi connectivity index (χ4v) is 3.24. The maximum Gasteiger partial charge on any atom is 0.257 e. The number of hydroxylamine groups is 1. The molecule has 5 nitrogen and oxygen atoms in total. The predicted octanol–water partition coefficient (Wildman–Crippen LogP) is 1.22. The van der Waals surface area contributed by atoms with Crippen LogP contribution in [0.2, 0.25) is 0 Å². The summed E-state index contributed by atoms with van der Waals surface area (Å²) in [5.41, 5.74) is 3.31. The molecule has 1 amide bonds. The molecule has 1 aromatic rings. The first kappa shape index (κ1) is 10.6. The molecule has 1 saturated heterocycles. The SMILES string of the molecule is O=C1c2ccccc2N=C(NO)[C@@H]2CSCN12. The summed E-state index contributed by atoms with van der Waals surface area (Å²) >= 11 is 1.66. The zero-order valence-corrected chi connectivity index (χ0v) is 9.78. The lowest BCUT2D eigenvalue weighted by Crippen LogP contribution is -2.45. The first-order valence-corrected chi connectivity index (χ1v) is 6.43. The third-order valence-electron chi connectivity index (χ3n) is 2.95. The minimum absolute atomic E-state index is 0.0235. The van der Waals surface area contributed by atoms with E-state index >= 15 is 0 Å². The molecule has 3 rings (SSSR count). The highest BCUT2D eigenvalue weighted by atomic mass is 32.2. The number of carbonyl (C=O) groups is 1. The van der Waals surface area contributed by atoms with Gasteiger partial charge in [-0.1, -0.05) is 12.1 Å². The Morgan fingerprint density at radius 2 is 2.29 bits per heavy atom. The van der Waals surface area contributed by atoms with Gasteiger partial charge in [-0.15, -0.1) is 11.8 Å². The maximum absolute atomic E-state index is 12.3. The second kappa shape index (κ2) is 4.05. The Hall–Kier alpha value is -1.53. The van der Waals surface area contributed by atoms with E-state index in [1.54, 1.807) is 28.8 Å². The van der Waals surface area contributed by atoms with Gasteiger partial charge in [0.05, 0.1) is 17.1 Å². The minimum atomic E-state index is -0.162.